The van der Waals surface area contributed by atoms with Crippen molar-refractivity contribution in [3.8, 4) is 11.3 Å². The highest BCUT2D eigenvalue weighted by atomic mass is 35.5. The average molecular weight is 414 g/mol. The maximum absolute atomic E-state index is 13.1. The fourth-order valence-electron chi connectivity index (χ4n) is 3.36. The minimum Gasteiger partial charge on any atom is -0.388 e. The van der Waals surface area contributed by atoms with Crippen molar-refractivity contribution in [3.63, 3.8) is 0 Å². The predicted octanol–water partition coefficient (Wildman–Crippen LogP) is 2.80. The van der Waals surface area contributed by atoms with Crippen LogP contribution in [0.3, 0.4) is 0 Å². The van der Waals surface area contributed by atoms with E-state index in [1.807, 2.05) is 4.90 Å². The van der Waals surface area contributed by atoms with Crippen molar-refractivity contribution in [2.24, 2.45) is 0 Å². The number of aliphatic hydroxyl groups is 1. The van der Waals surface area contributed by atoms with Gasteiger partial charge in [0.25, 0.3) is 5.91 Å². The average Bonchev–Trinajstić information content (AvgIpc) is 3.20. The summed E-state index contributed by atoms with van der Waals surface area (Å²) in [5, 5.41) is 15.0. The number of rotatable bonds is 4. The quantitative estimate of drug-likeness (QED) is 0.702. The number of aromatic nitrogens is 3. The zero-order valence-electron chi connectivity index (χ0n) is 15.8. The van der Waals surface area contributed by atoms with Crippen LogP contribution in [0.4, 0.5) is 5.95 Å². The fourth-order valence-corrected chi connectivity index (χ4v) is 3.49. The molecule has 1 amide bonds. The number of piperazine rings is 1. The first-order valence-electron chi connectivity index (χ1n) is 9.29. The Morgan fingerprint density at radius 3 is 2.41 bits per heavy atom. The van der Waals surface area contributed by atoms with Crippen molar-refractivity contribution >= 4 is 23.5 Å². The largest absolute Gasteiger partial charge is 0.388 e. The summed E-state index contributed by atoms with van der Waals surface area (Å²) in [5.41, 5.74) is 1.54. The third kappa shape index (κ3) is 3.94. The summed E-state index contributed by atoms with van der Waals surface area (Å²) >= 11 is 5.95. The first kappa shape index (κ1) is 19.4. The van der Waals surface area contributed by atoms with E-state index in [4.69, 9.17) is 16.1 Å². The molecule has 150 valence electrons. The van der Waals surface area contributed by atoms with Crippen molar-refractivity contribution in [2.75, 3.05) is 31.1 Å². The third-order valence-electron chi connectivity index (χ3n) is 4.86. The fraction of sp³-hybridized carbons (Fsp3) is 0.300. The molecule has 0 radical (unpaired) electrons. The van der Waals surface area contributed by atoms with Crippen LogP contribution in [0.2, 0.25) is 5.02 Å². The van der Waals surface area contributed by atoms with E-state index >= 15 is 0 Å². The first-order chi connectivity index (χ1) is 14.0. The number of benzene rings is 1. The molecule has 1 aromatic carbocycles. The smallest absolute Gasteiger partial charge is 0.293 e. The first-order valence-corrected chi connectivity index (χ1v) is 9.67. The number of hydrogen-bond acceptors (Lipinski definition) is 7. The van der Waals surface area contributed by atoms with Gasteiger partial charge in [-0.05, 0) is 25.1 Å². The summed E-state index contributed by atoms with van der Waals surface area (Å²) in [6.07, 6.45) is 2.48. The molecule has 0 spiro atoms. The molecule has 1 unspecified atom stereocenters. The Labute approximate surface area is 172 Å². The molecule has 29 heavy (non-hydrogen) atoms. The third-order valence-corrected chi connectivity index (χ3v) is 5.11. The Kier molecular flexibility index (Phi) is 5.46. The standard InChI is InChI=1S/C20H20ClN5O3/c1-13(27)16-17(14-3-5-15(21)6-4-14)24-29-18(16)19(28)25-9-11-26(12-10-25)20-22-7-2-8-23-20/h2-8,13,27H,9-12H2,1H3. The van der Waals surface area contributed by atoms with Gasteiger partial charge in [0.05, 0.1) is 11.7 Å². The van der Waals surface area contributed by atoms with Crippen LogP contribution >= 0.6 is 11.6 Å². The molecule has 0 aliphatic carbocycles. The summed E-state index contributed by atoms with van der Waals surface area (Å²) in [4.78, 5) is 25.3. The van der Waals surface area contributed by atoms with Gasteiger partial charge in [-0.25, -0.2) is 9.97 Å². The van der Waals surface area contributed by atoms with Gasteiger partial charge < -0.3 is 19.4 Å². The molecule has 2 aromatic heterocycles. The van der Waals surface area contributed by atoms with Gasteiger partial charge in [0.1, 0.15) is 5.69 Å². The monoisotopic (exact) mass is 413 g/mol. The van der Waals surface area contributed by atoms with Gasteiger partial charge >= 0.3 is 0 Å². The van der Waals surface area contributed by atoms with Gasteiger partial charge in [0, 0.05) is 49.2 Å². The normalized spacial score (nSPS) is 15.4. The minimum absolute atomic E-state index is 0.0642. The van der Waals surface area contributed by atoms with Crippen molar-refractivity contribution < 1.29 is 14.4 Å². The van der Waals surface area contributed by atoms with E-state index in [0.29, 0.717) is 48.4 Å². The Hall–Kier alpha value is -2.97. The van der Waals surface area contributed by atoms with Gasteiger partial charge in [-0.1, -0.05) is 28.9 Å². The highest BCUT2D eigenvalue weighted by Crippen LogP contribution is 2.32. The van der Waals surface area contributed by atoms with Crippen molar-refractivity contribution in [3.05, 3.63) is 59.1 Å². The molecule has 1 saturated heterocycles. The number of carbonyl (C=O) groups is 1. The van der Waals surface area contributed by atoms with Gasteiger partial charge in [-0.2, -0.15) is 0 Å². The molecule has 1 aliphatic heterocycles. The molecule has 1 aliphatic rings. The number of amides is 1. The van der Waals surface area contributed by atoms with Crippen molar-refractivity contribution in [2.45, 2.75) is 13.0 Å². The highest BCUT2D eigenvalue weighted by molar-refractivity contribution is 6.30. The molecule has 3 aromatic rings. The van der Waals surface area contributed by atoms with Crippen LogP contribution in [0.5, 0.6) is 0 Å². The van der Waals surface area contributed by atoms with Crippen LogP contribution in [0.15, 0.2) is 47.2 Å². The number of aliphatic hydroxyl groups excluding tert-OH is 1. The van der Waals surface area contributed by atoms with Crippen LogP contribution < -0.4 is 4.90 Å². The van der Waals surface area contributed by atoms with E-state index in [2.05, 4.69) is 15.1 Å². The van der Waals surface area contributed by atoms with E-state index < -0.39 is 6.10 Å². The van der Waals surface area contributed by atoms with Crippen LogP contribution in [0, 0.1) is 0 Å². The van der Waals surface area contributed by atoms with Crippen LogP contribution in [0.25, 0.3) is 11.3 Å². The lowest BCUT2D eigenvalue weighted by Crippen LogP contribution is -2.49. The molecule has 0 saturated carbocycles. The lowest BCUT2D eigenvalue weighted by Gasteiger charge is -2.34. The second kappa shape index (κ2) is 8.18. The SMILES string of the molecule is CC(O)c1c(-c2ccc(Cl)cc2)noc1C(=O)N1CCN(c2ncccn2)CC1. The Bertz CT molecular complexity index is 983. The summed E-state index contributed by atoms with van der Waals surface area (Å²) in [6.45, 7) is 3.80. The predicted molar refractivity (Wildman–Crippen MR) is 108 cm³/mol. The van der Waals surface area contributed by atoms with Crippen LogP contribution in [0.1, 0.15) is 29.1 Å². The summed E-state index contributed by atoms with van der Waals surface area (Å²) < 4.78 is 5.40. The number of carbonyl (C=O) groups excluding carboxylic acids is 1. The van der Waals surface area contributed by atoms with E-state index in [0.717, 1.165) is 5.56 Å². The summed E-state index contributed by atoms with van der Waals surface area (Å²) in [5.74, 6) is 0.422. The van der Waals surface area contributed by atoms with Crippen LogP contribution in [-0.2, 0) is 0 Å². The van der Waals surface area contributed by atoms with Gasteiger partial charge in [0.2, 0.25) is 11.7 Å². The zero-order valence-corrected chi connectivity index (χ0v) is 16.6. The molecular weight excluding hydrogens is 394 g/mol. The Morgan fingerprint density at radius 1 is 1.14 bits per heavy atom. The van der Waals surface area contributed by atoms with E-state index in [1.165, 1.54) is 0 Å². The molecule has 9 heteroatoms. The maximum atomic E-state index is 13.1. The van der Waals surface area contributed by atoms with Crippen LogP contribution in [-0.4, -0.2) is 57.2 Å². The second-order valence-electron chi connectivity index (χ2n) is 6.78. The van der Waals surface area contributed by atoms with Crippen molar-refractivity contribution in [1.82, 2.24) is 20.0 Å². The molecule has 1 N–H and O–H groups in total. The lowest BCUT2D eigenvalue weighted by atomic mass is 10.0. The van der Waals surface area contributed by atoms with Crippen molar-refractivity contribution in [1.29, 1.82) is 0 Å². The highest BCUT2D eigenvalue weighted by Gasteiger charge is 2.31. The van der Waals surface area contributed by atoms with E-state index in [1.54, 1.807) is 54.5 Å². The van der Waals surface area contributed by atoms with Gasteiger partial charge in [-0.15, -0.1) is 0 Å². The molecule has 4 rings (SSSR count). The zero-order chi connectivity index (χ0) is 20.4. The second-order valence-corrected chi connectivity index (χ2v) is 7.22. The van der Waals surface area contributed by atoms with E-state index in [9.17, 15) is 9.90 Å². The van der Waals surface area contributed by atoms with Gasteiger partial charge in [-0.3, -0.25) is 4.79 Å². The molecule has 3 heterocycles. The number of halogens is 1. The summed E-state index contributed by atoms with van der Waals surface area (Å²) in [6, 6.07) is 8.77. The molecule has 0 bridgehead atoms. The van der Waals surface area contributed by atoms with Gasteiger partial charge in [0.15, 0.2) is 0 Å². The van der Waals surface area contributed by atoms with E-state index in [-0.39, 0.29) is 11.7 Å². The maximum Gasteiger partial charge on any atom is 0.293 e. The minimum atomic E-state index is -0.912. The molecule has 1 fully saturated rings. The molecule has 8 nitrogen and oxygen atoms in total. The summed E-state index contributed by atoms with van der Waals surface area (Å²) in [7, 11) is 0. The topological polar surface area (TPSA) is 95.6 Å². The Morgan fingerprint density at radius 2 is 1.79 bits per heavy atom. The molecular formula is C20H20ClN5O3. The lowest BCUT2D eigenvalue weighted by molar-refractivity contribution is 0.0696. The number of nitrogens with zero attached hydrogens (tertiary/aromatic N) is 5. The number of hydrogen-bond donors (Lipinski definition) is 1. The Balaban J connectivity index is 1.54. The number of anilines is 1. The molecule has 1 atom stereocenters.